The number of hydrogen-bond acceptors (Lipinski definition) is 1. The van der Waals surface area contributed by atoms with Gasteiger partial charge in [0.15, 0.2) is 29.1 Å². The third-order valence-electron chi connectivity index (χ3n) is 6.77. The highest BCUT2D eigenvalue weighted by Gasteiger charge is 2.44. The van der Waals surface area contributed by atoms with E-state index < -0.39 is 52.8 Å². The normalized spacial score (nSPS) is 18.3. The molecule has 0 atom stereocenters. The van der Waals surface area contributed by atoms with Crippen LogP contribution in [0.1, 0.15) is 56.1 Å². The Kier molecular flexibility index (Phi) is 7.62. The Labute approximate surface area is 204 Å². The fourth-order valence-corrected chi connectivity index (χ4v) is 4.81. The van der Waals surface area contributed by atoms with Gasteiger partial charge in [0.2, 0.25) is 0 Å². The highest BCUT2D eigenvalue weighted by Crippen LogP contribution is 2.44. The third kappa shape index (κ3) is 5.37. The zero-order valence-electron chi connectivity index (χ0n) is 19.6. The van der Waals surface area contributed by atoms with Crippen molar-refractivity contribution < 1.29 is 35.5 Å². The van der Waals surface area contributed by atoms with Crippen LogP contribution >= 0.6 is 0 Å². The van der Waals surface area contributed by atoms with Crippen molar-refractivity contribution in [1.29, 1.82) is 0 Å². The molecule has 0 bridgehead atoms. The molecule has 0 unspecified atom stereocenters. The SMILES string of the molecule is CCCc1ccc(-c2ccc(C3CCC(C(F)(F)Oc4cc(F)c(F)c(F)c4)CC3)c(F)c2F)cc1. The fourth-order valence-electron chi connectivity index (χ4n) is 4.81. The van der Waals surface area contributed by atoms with E-state index in [4.69, 9.17) is 0 Å². The minimum atomic E-state index is -3.78. The number of hydrogen-bond donors (Lipinski definition) is 0. The van der Waals surface area contributed by atoms with Crippen molar-refractivity contribution in [1.82, 2.24) is 0 Å². The highest BCUT2D eigenvalue weighted by atomic mass is 19.3. The summed E-state index contributed by atoms with van der Waals surface area (Å²) in [6.45, 7) is 2.05. The summed E-state index contributed by atoms with van der Waals surface area (Å²) in [5.74, 6) is -9.62. The number of halogens is 7. The van der Waals surface area contributed by atoms with Gasteiger partial charge in [-0.25, -0.2) is 22.0 Å². The predicted octanol–water partition coefficient (Wildman–Crippen LogP) is 8.95. The summed E-state index contributed by atoms with van der Waals surface area (Å²) in [5.41, 5.74) is 1.91. The van der Waals surface area contributed by atoms with E-state index in [1.165, 1.54) is 12.1 Å². The molecule has 0 spiro atoms. The van der Waals surface area contributed by atoms with Crippen LogP contribution in [0.2, 0.25) is 0 Å². The Bertz CT molecular complexity index is 1190. The van der Waals surface area contributed by atoms with E-state index in [-0.39, 0.29) is 36.8 Å². The number of benzene rings is 3. The molecule has 0 heterocycles. The van der Waals surface area contributed by atoms with Crippen LogP contribution in [0.5, 0.6) is 5.75 Å². The largest absolute Gasteiger partial charge is 0.432 e. The minimum absolute atomic E-state index is 0.0779. The molecule has 0 amide bonds. The van der Waals surface area contributed by atoms with Gasteiger partial charge in [-0.05, 0) is 54.7 Å². The van der Waals surface area contributed by atoms with E-state index >= 15 is 4.39 Å². The van der Waals surface area contributed by atoms with Gasteiger partial charge in [0.1, 0.15) is 5.75 Å². The van der Waals surface area contributed by atoms with E-state index in [0.717, 1.165) is 18.4 Å². The van der Waals surface area contributed by atoms with Gasteiger partial charge in [0.25, 0.3) is 0 Å². The van der Waals surface area contributed by atoms with Gasteiger partial charge in [-0.1, -0.05) is 49.7 Å². The first-order valence-electron chi connectivity index (χ1n) is 11.9. The molecular weight excluding hydrogens is 485 g/mol. The number of aryl methyl sites for hydroxylation is 1. The van der Waals surface area contributed by atoms with Gasteiger partial charge >= 0.3 is 6.11 Å². The fraction of sp³-hybridized carbons (Fsp3) is 0.357. The molecule has 0 N–H and O–H groups in total. The lowest BCUT2D eigenvalue weighted by Gasteiger charge is -2.33. The number of rotatable bonds is 7. The van der Waals surface area contributed by atoms with Gasteiger partial charge in [-0.15, -0.1) is 0 Å². The predicted molar refractivity (Wildman–Crippen MR) is 122 cm³/mol. The summed E-state index contributed by atoms with van der Waals surface area (Å²) in [6, 6.07) is 11.0. The molecule has 36 heavy (non-hydrogen) atoms. The van der Waals surface area contributed by atoms with Crippen LogP contribution in [0.4, 0.5) is 30.7 Å². The Morgan fingerprint density at radius 3 is 1.97 bits per heavy atom. The van der Waals surface area contributed by atoms with Crippen LogP contribution in [0.3, 0.4) is 0 Å². The van der Waals surface area contributed by atoms with E-state index in [2.05, 4.69) is 11.7 Å². The smallest absolute Gasteiger partial charge is 0.400 e. The van der Waals surface area contributed by atoms with E-state index in [1.54, 1.807) is 12.1 Å². The topological polar surface area (TPSA) is 9.23 Å². The summed E-state index contributed by atoms with van der Waals surface area (Å²) in [7, 11) is 0. The Hall–Kier alpha value is -3.03. The summed E-state index contributed by atoms with van der Waals surface area (Å²) in [5, 5.41) is 0. The molecule has 1 nitrogen and oxygen atoms in total. The van der Waals surface area contributed by atoms with Crippen molar-refractivity contribution in [2.24, 2.45) is 5.92 Å². The molecule has 1 aliphatic rings. The quantitative estimate of drug-likeness (QED) is 0.228. The summed E-state index contributed by atoms with van der Waals surface area (Å²) < 4.78 is 104. The van der Waals surface area contributed by atoms with Gasteiger partial charge in [-0.3, -0.25) is 0 Å². The highest BCUT2D eigenvalue weighted by molar-refractivity contribution is 5.65. The second kappa shape index (κ2) is 10.5. The lowest BCUT2D eigenvalue weighted by Crippen LogP contribution is -2.37. The minimum Gasteiger partial charge on any atom is -0.432 e. The van der Waals surface area contributed by atoms with Crippen molar-refractivity contribution in [3.05, 3.63) is 88.7 Å². The van der Waals surface area contributed by atoms with Crippen LogP contribution in [0.15, 0.2) is 48.5 Å². The molecule has 0 radical (unpaired) electrons. The molecule has 0 saturated heterocycles. The van der Waals surface area contributed by atoms with Gasteiger partial charge in [0, 0.05) is 17.7 Å². The second-order valence-electron chi connectivity index (χ2n) is 9.19. The number of ether oxygens (including phenoxy) is 1. The lowest BCUT2D eigenvalue weighted by atomic mass is 9.77. The summed E-state index contributed by atoms with van der Waals surface area (Å²) in [4.78, 5) is 0. The maximum atomic E-state index is 15.0. The van der Waals surface area contributed by atoms with Gasteiger partial charge in [0.05, 0.1) is 5.92 Å². The van der Waals surface area contributed by atoms with Crippen LogP contribution in [0.25, 0.3) is 11.1 Å². The van der Waals surface area contributed by atoms with E-state index in [1.807, 2.05) is 12.1 Å². The average Bonchev–Trinajstić information content (AvgIpc) is 2.85. The first-order chi connectivity index (χ1) is 17.1. The Morgan fingerprint density at radius 1 is 0.778 bits per heavy atom. The Morgan fingerprint density at radius 2 is 1.39 bits per heavy atom. The van der Waals surface area contributed by atoms with Crippen LogP contribution < -0.4 is 4.74 Å². The monoisotopic (exact) mass is 510 g/mol. The lowest BCUT2D eigenvalue weighted by molar-refractivity contribution is -0.222. The van der Waals surface area contributed by atoms with E-state index in [9.17, 15) is 26.3 Å². The molecule has 1 aliphatic carbocycles. The van der Waals surface area contributed by atoms with Crippen LogP contribution in [0, 0.1) is 35.0 Å². The van der Waals surface area contributed by atoms with Crippen molar-refractivity contribution in [2.75, 3.05) is 0 Å². The first-order valence-corrected chi connectivity index (χ1v) is 11.9. The van der Waals surface area contributed by atoms with Crippen LogP contribution in [-0.4, -0.2) is 6.11 Å². The van der Waals surface area contributed by atoms with Crippen molar-refractivity contribution in [2.45, 2.75) is 57.5 Å². The molecule has 0 aromatic heterocycles. The molecule has 3 aromatic rings. The molecule has 4 rings (SSSR count). The van der Waals surface area contributed by atoms with Crippen LogP contribution in [-0.2, 0) is 6.42 Å². The third-order valence-corrected chi connectivity index (χ3v) is 6.77. The molecule has 1 saturated carbocycles. The van der Waals surface area contributed by atoms with Gasteiger partial charge < -0.3 is 4.74 Å². The average molecular weight is 510 g/mol. The molecule has 8 heteroatoms. The molecule has 0 aliphatic heterocycles. The van der Waals surface area contributed by atoms with E-state index in [0.29, 0.717) is 17.7 Å². The van der Waals surface area contributed by atoms with Crippen molar-refractivity contribution in [3.8, 4) is 16.9 Å². The molecule has 1 fully saturated rings. The maximum Gasteiger partial charge on any atom is 0.400 e. The summed E-state index contributed by atoms with van der Waals surface area (Å²) >= 11 is 0. The van der Waals surface area contributed by atoms with Gasteiger partial charge in [-0.2, -0.15) is 8.78 Å². The second-order valence-corrected chi connectivity index (χ2v) is 9.19. The molecule has 192 valence electrons. The van der Waals surface area contributed by atoms with Crippen molar-refractivity contribution in [3.63, 3.8) is 0 Å². The Balaban J connectivity index is 1.44. The molecule has 3 aromatic carbocycles. The zero-order valence-corrected chi connectivity index (χ0v) is 19.6. The standard InChI is InChI=1S/C28H25F7O/c1-2-3-16-4-6-17(7-5-16)21-12-13-22(26(32)25(21)31)18-8-10-19(11-9-18)28(34,35)36-20-14-23(29)27(33)24(30)15-20/h4-7,12-15,18-19H,2-3,8-11H2,1H3. The summed E-state index contributed by atoms with van der Waals surface area (Å²) in [6.07, 6.45) is -1.77. The first kappa shape index (κ1) is 26.0. The maximum absolute atomic E-state index is 15.0. The number of alkyl halides is 2. The molecular formula is C28H25F7O. The van der Waals surface area contributed by atoms with Crippen molar-refractivity contribution >= 4 is 0 Å². The zero-order chi connectivity index (χ0) is 26.0.